The molecule has 2 N–H and O–H groups in total. The zero-order valence-electron chi connectivity index (χ0n) is 12.0. The van der Waals surface area contributed by atoms with E-state index in [-0.39, 0.29) is 0 Å². The van der Waals surface area contributed by atoms with Crippen LogP contribution in [0.5, 0.6) is 0 Å². The highest BCUT2D eigenvalue weighted by atomic mass is 15.3. The minimum Gasteiger partial charge on any atom is -0.327 e. The first-order valence-corrected chi connectivity index (χ1v) is 7.75. The fraction of sp³-hybridized carbons (Fsp3) is 0.800. The first-order chi connectivity index (χ1) is 9.26. The molecule has 2 fully saturated rings. The second kappa shape index (κ2) is 5.63. The van der Waals surface area contributed by atoms with Crippen molar-refractivity contribution in [1.29, 1.82) is 0 Å². The molecule has 3 atom stereocenters. The molecule has 3 rings (SSSR count). The Hall–Kier alpha value is -0.870. The number of likely N-dealkylation sites (tertiary alicyclic amines) is 1. The largest absolute Gasteiger partial charge is 0.327 e. The molecule has 2 aliphatic rings. The smallest absolute Gasteiger partial charge is 0.0534 e. The first-order valence-electron chi connectivity index (χ1n) is 7.75. The van der Waals surface area contributed by atoms with Crippen molar-refractivity contribution in [3.63, 3.8) is 0 Å². The molecule has 1 aromatic rings. The Labute approximate surface area is 116 Å². The van der Waals surface area contributed by atoms with Gasteiger partial charge in [0.25, 0.3) is 0 Å². The standard InChI is InChI=1S/C15H26N4/c1-2-6-19-9-12(7-17-19)8-18-10-13-4-3-5-15(16)14(13)11-18/h7,9,13-15H,2-6,8,10-11,16H2,1H3. The lowest BCUT2D eigenvalue weighted by Crippen LogP contribution is -2.38. The Morgan fingerprint density at radius 2 is 2.26 bits per heavy atom. The minimum absolute atomic E-state index is 0.437. The number of fused-ring (bicyclic) bond motifs is 1. The van der Waals surface area contributed by atoms with Crippen molar-refractivity contribution in [2.75, 3.05) is 13.1 Å². The van der Waals surface area contributed by atoms with E-state index in [1.54, 1.807) is 0 Å². The van der Waals surface area contributed by atoms with Crippen LogP contribution in [0.3, 0.4) is 0 Å². The molecule has 1 aliphatic heterocycles. The summed E-state index contributed by atoms with van der Waals surface area (Å²) in [6.07, 6.45) is 9.30. The minimum atomic E-state index is 0.437. The fourth-order valence-electron chi connectivity index (χ4n) is 3.84. The zero-order valence-corrected chi connectivity index (χ0v) is 12.0. The summed E-state index contributed by atoms with van der Waals surface area (Å²) < 4.78 is 2.06. The molecule has 1 aliphatic carbocycles. The maximum Gasteiger partial charge on any atom is 0.0534 e. The predicted molar refractivity (Wildman–Crippen MR) is 76.6 cm³/mol. The number of nitrogens with two attached hydrogens (primary N) is 1. The van der Waals surface area contributed by atoms with Gasteiger partial charge in [0.2, 0.25) is 0 Å². The van der Waals surface area contributed by atoms with Crippen LogP contribution >= 0.6 is 0 Å². The van der Waals surface area contributed by atoms with Crippen LogP contribution in [0.15, 0.2) is 12.4 Å². The zero-order chi connectivity index (χ0) is 13.2. The van der Waals surface area contributed by atoms with Crippen molar-refractivity contribution in [2.45, 2.75) is 51.7 Å². The van der Waals surface area contributed by atoms with Crippen LogP contribution in [0.2, 0.25) is 0 Å². The van der Waals surface area contributed by atoms with Crippen molar-refractivity contribution in [1.82, 2.24) is 14.7 Å². The van der Waals surface area contributed by atoms with Gasteiger partial charge in [0, 0.05) is 44.0 Å². The van der Waals surface area contributed by atoms with Gasteiger partial charge in [0.15, 0.2) is 0 Å². The van der Waals surface area contributed by atoms with E-state index in [4.69, 9.17) is 5.73 Å². The van der Waals surface area contributed by atoms with Crippen LogP contribution < -0.4 is 5.73 Å². The molecule has 1 saturated heterocycles. The molecule has 0 spiro atoms. The molecule has 106 valence electrons. The highest BCUT2D eigenvalue weighted by Crippen LogP contribution is 2.35. The normalized spacial score (nSPS) is 31.6. The Balaban J connectivity index is 1.58. The Kier molecular flexibility index (Phi) is 3.89. The molecule has 4 heteroatoms. The lowest BCUT2D eigenvalue weighted by Gasteiger charge is -2.29. The van der Waals surface area contributed by atoms with Crippen molar-refractivity contribution in [3.8, 4) is 0 Å². The van der Waals surface area contributed by atoms with Gasteiger partial charge in [-0.25, -0.2) is 0 Å². The fourth-order valence-corrected chi connectivity index (χ4v) is 3.84. The number of aryl methyl sites for hydroxylation is 1. The van der Waals surface area contributed by atoms with Crippen molar-refractivity contribution in [3.05, 3.63) is 18.0 Å². The lowest BCUT2D eigenvalue weighted by atomic mass is 9.78. The van der Waals surface area contributed by atoms with Crippen LogP contribution in [0.4, 0.5) is 0 Å². The van der Waals surface area contributed by atoms with Crippen LogP contribution in [0.1, 0.15) is 38.2 Å². The van der Waals surface area contributed by atoms with Gasteiger partial charge in [-0.2, -0.15) is 5.10 Å². The van der Waals surface area contributed by atoms with Crippen LogP contribution in [0.25, 0.3) is 0 Å². The maximum absolute atomic E-state index is 6.28. The Bertz CT molecular complexity index is 414. The highest BCUT2D eigenvalue weighted by Gasteiger charge is 2.38. The van der Waals surface area contributed by atoms with Gasteiger partial charge in [-0.3, -0.25) is 9.58 Å². The molecule has 2 heterocycles. The third kappa shape index (κ3) is 2.84. The van der Waals surface area contributed by atoms with Crippen LogP contribution in [-0.4, -0.2) is 33.8 Å². The van der Waals surface area contributed by atoms with Gasteiger partial charge in [-0.05, 0) is 31.1 Å². The number of hydrogen-bond acceptors (Lipinski definition) is 3. The van der Waals surface area contributed by atoms with E-state index >= 15 is 0 Å². The summed E-state index contributed by atoms with van der Waals surface area (Å²) in [6.45, 7) is 6.68. The van der Waals surface area contributed by atoms with Gasteiger partial charge in [0.1, 0.15) is 0 Å². The highest BCUT2D eigenvalue weighted by molar-refractivity contribution is 5.05. The Morgan fingerprint density at radius 1 is 1.37 bits per heavy atom. The molecular formula is C15H26N4. The molecule has 19 heavy (non-hydrogen) atoms. The van der Waals surface area contributed by atoms with Crippen molar-refractivity contribution >= 4 is 0 Å². The quantitative estimate of drug-likeness (QED) is 0.901. The Morgan fingerprint density at radius 3 is 3.05 bits per heavy atom. The van der Waals surface area contributed by atoms with E-state index in [9.17, 15) is 0 Å². The van der Waals surface area contributed by atoms with Crippen LogP contribution in [-0.2, 0) is 13.1 Å². The predicted octanol–water partition coefficient (Wildman–Crippen LogP) is 1.85. The molecule has 0 amide bonds. The maximum atomic E-state index is 6.28. The molecule has 0 aromatic carbocycles. The van der Waals surface area contributed by atoms with Gasteiger partial charge in [0.05, 0.1) is 6.20 Å². The summed E-state index contributed by atoms with van der Waals surface area (Å²) in [5.41, 5.74) is 7.62. The molecule has 0 radical (unpaired) electrons. The van der Waals surface area contributed by atoms with Crippen LogP contribution in [0, 0.1) is 11.8 Å². The topological polar surface area (TPSA) is 47.1 Å². The molecule has 3 unspecified atom stereocenters. The first kappa shape index (κ1) is 13.1. The van der Waals surface area contributed by atoms with E-state index in [0.29, 0.717) is 6.04 Å². The summed E-state index contributed by atoms with van der Waals surface area (Å²) in [4.78, 5) is 2.58. The number of rotatable bonds is 4. The summed E-state index contributed by atoms with van der Waals surface area (Å²) in [6, 6.07) is 0.437. The summed E-state index contributed by atoms with van der Waals surface area (Å²) in [7, 11) is 0. The summed E-state index contributed by atoms with van der Waals surface area (Å²) in [5, 5.41) is 4.42. The number of aromatic nitrogens is 2. The monoisotopic (exact) mass is 262 g/mol. The second-order valence-electron chi connectivity index (χ2n) is 6.32. The van der Waals surface area contributed by atoms with Crippen molar-refractivity contribution in [2.24, 2.45) is 17.6 Å². The molecule has 0 bridgehead atoms. The second-order valence-corrected chi connectivity index (χ2v) is 6.32. The molecule has 4 nitrogen and oxygen atoms in total. The SMILES string of the molecule is CCCn1cc(CN2CC3CCCC(N)C3C2)cn1. The van der Waals surface area contributed by atoms with E-state index in [1.165, 1.54) is 37.9 Å². The average Bonchev–Trinajstić information content (AvgIpc) is 2.98. The lowest BCUT2D eigenvalue weighted by molar-refractivity contribution is 0.259. The van der Waals surface area contributed by atoms with Gasteiger partial charge in [-0.15, -0.1) is 0 Å². The molecule has 1 aromatic heterocycles. The number of hydrogen-bond donors (Lipinski definition) is 1. The third-order valence-electron chi connectivity index (χ3n) is 4.78. The van der Waals surface area contributed by atoms with Crippen molar-refractivity contribution < 1.29 is 0 Å². The van der Waals surface area contributed by atoms with E-state index in [1.807, 2.05) is 6.20 Å². The summed E-state index contributed by atoms with van der Waals surface area (Å²) >= 11 is 0. The summed E-state index contributed by atoms with van der Waals surface area (Å²) in [5.74, 6) is 1.58. The van der Waals surface area contributed by atoms with E-state index < -0.39 is 0 Å². The van der Waals surface area contributed by atoms with E-state index in [0.717, 1.165) is 31.3 Å². The van der Waals surface area contributed by atoms with Gasteiger partial charge in [-0.1, -0.05) is 13.3 Å². The van der Waals surface area contributed by atoms with Gasteiger partial charge < -0.3 is 5.73 Å². The van der Waals surface area contributed by atoms with Gasteiger partial charge >= 0.3 is 0 Å². The molecule has 1 saturated carbocycles. The average molecular weight is 262 g/mol. The van der Waals surface area contributed by atoms with E-state index in [2.05, 4.69) is 27.8 Å². The number of nitrogens with zero attached hydrogens (tertiary/aromatic N) is 3. The molecular weight excluding hydrogens is 236 g/mol. The third-order valence-corrected chi connectivity index (χ3v) is 4.78.